The predicted molar refractivity (Wildman–Crippen MR) is 111 cm³/mol. The molecule has 5 rings (SSSR count). The lowest BCUT2D eigenvalue weighted by Crippen LogP contribution is -2.31. The number of hydrogen-bond acceptors (Lipinski definition) is 3. The first-order chi connectivity index (χ1) is 13.9. The molecule has 0 aromatic carbocycles. The van der Waals surface area contributed by atoms with Gasteiger partial charge in [0.25, 0.3) is 0 Å². The van der Waals surface area contributed by atoms with E-state index in [9.17, 15) is 13.2 Å². The summed E-state index contributed by atoms with van der Waals surface area (Å²) in [6.07, 6.45) is 2.88. The van der Waals surface area contributed by atoms with Crippen molar-refractivity contribution in [3.05, 3.63) is 58.7 Å². The Bertz CT molecular complexity index is 1050. The van der Waals surface area contributed by atoms with Crippen LogP contribution in [0.25, 0.3) is 11.0 Å². The summed E-state index contributed by atoms with van der Waals surface area (Å²) >= 11 is 0. The van der Waals surface area contributed by atoms with Crippen LogP contribution in [0.3, 0.4) is 0 Å². The Morgan fingerprint density at radius 2 is 1.97 bits per heavy atom. The molecule has 5 heterocycles. The topological polar surface area (TPSA) is 34.0 Å². The number of halogens is 3. The Balaban J connectivity index is 0.00000218. The molecule has 4 nitrogen and oxygen atoms in total. The third-order valence-electron chi connectivity index (χ3n) is 6.26. The van der Waals surface area contributed by atoms with E-state index in [0.717, 1.165) is 42.4 Å². The standard InChI is InChI=1S/C22H23F3N4.CH4/c1-14-11-16-20-17-3-2-8-28(17)9-7-18(20)29(21(16)27-12-14)10-6-15-4-5-19(26-13-15)22(23,24)25;/h4-5,11-13,17H,2-3,6-10H2,1H3;1H4. The predicted octanol–water partition coefficient (Wildman–Crippen LogP) is 5.33. The fourth-order valence-corrected chi connectivity index (χ4v) is 4.94. The highest BCUT2D eigenvalue weighted by atomic mass is 19.4. The van der Waals surface area contributed by atoms with Crippen LogP contribution in [-0.4, -0.2) is 32.5 Å². The number of rotatable bonds is 3. The van der Waals surface area contributed by atoms with Gasteiger partial charge in [0.2, 0.25) is 0 Å². The maximum Gasteiger partial charge on any atom is 0.433 e. The van der Waals surface area contributed by atoms with Crippen LogP contribution in [0.5, 0.6) is 0 Å². The molecule has 0 N–H and O–H groups in total. The van der Waals surface area contributed by atoms with Crippen molar-refractivity contribution in [2.75, 3.05) is 13.1 Å². The van der Waals surface area contributed by atoms with Gasteiger partial charge in [-0.05, 0) is 61.6 Å². The SMILES string of the molecule is C.Cc1cnc2c(c1)c1c(n2CCc2ccc(C(F)(F)F)nc2)CCN2CCCC12. The lowest BCUT2D eigenvalue weighted by Gasteiger charge is -2.31. The van der Waals surface area contributed by atoms with E-state index < -0.39 is 11.9 Å². The Morgan fingerprint density at radius 1 is 1.13 bits per heavy atom. The lowest BCUT2D eigenvalue weighted by atomic mass is 9.96. The fourth-order valence-electron chi connectivity index (χ4n) is 4.94. The zero-order chi connectivity index (χ0) is 20.2. The van der Waals surface area contributed by atoms with Gasteiger partial charge in [0.05, 0.1) is 0 Å². The van der Waals surface area contributed by atoms with Crippen molar-refractivity contribution >= 4 is 11.0 Å². The van der Waals surface area contributed by atoms with Crippen molar-refractivity contribution in [2.45, 2.75) is 58.8 Å². The van der Waals surface area contributed by atoms with Crippen LogP contribution in [0.2, 0.25) is 0 Å². The van der Waals surface area contributed by atoms with Gasteiger partial charge in [-0.25, -0.2) is 4.98 Å². The van der Waals surface area contributed by atoms with Gasteiger partial charge in [0.1, 0.15) is 11.3 Å². The second kappa shape index (κ2) is 7.69. The summed E-state index contributed by atoms with van der Waals surface area (Å²) in [5.74, 6) is 0. The first kappa shape index (κ1) is 20.8. The smallest absolute Gasteiger partial charge is 0.329 e. The first-order valence-corrected chi connectivity index (χ1v) is 10.2. The van der Waals surface area contributed by atoms with E-state index in [1.807, 2.05) is 6.20 Å². The number of hydrogen-bond donors (Lipinski definition) is 0. The van der Waals surface area contributed by atoms with Crippen molar-refractivity contribution in [3.63, 3.8) is 0 Å². The van der Waals surface area contributed by atoms with Gasteiger partial charge >= 0.3 is 6.18 Å². The Kier molecular flexibility index (Phi) is 5.34. The van der Waals surface area contributed by atoms with Crippen LogP contribution in [0.15, 0.2) is 30.6 Å². The number of aryl methyl sites for hydroxylation is 3. The molecule has 1 saturated heterocycles. The van der Waals surface area contributed by atoms with E-state index in [2.05, 4.69) is 27.4 Å². The third kappa shape index (κ3) is 3.49. The number of fused-ring (bicyclic) bond motifs is 5. The minimum absolute atomic E-state index is 0. The van der Waals surface area contributed by atoms with Gasteiger partial charge in [-0.2, -0.15) is 13.2 Å². The molecule has 0 spiro atoms. The van der Waals surface area contributed by atoms with Gasteiger partial charge < -0.3 is 4.57 Å². The number of pyridine rings is 2. The molecule has 3 aromatic rings. The Hall–Kier alpha value is -2.41. The quantitative estimate of drug-likeness (QED) is 0.579. The molecule has 0 radical (unpaired) electrons. The molecule has 0 bridgehead atoms. The Morgan fingerprint density at radius 3 is 2.70 bits per heavy atom. The molecule has 1 fully saturated rings. The summed E-state index contributed by atoms with van der Waals surface area (Å²) < 4.78 is 40.5. The molecule has 30 heavy (non-hydrogen) atoms. The zero-order valence-electron chi connectivity index (χ0n) is 16.3. The molecule has 1 unspecified atom stereocenters. The van der Waals surface area contributed by atoms with Gasteiger partial charge in [-0.15, -0.1) is 0 Å². The van der Waals surface area contributed by atoms with Crippen LogP contribution in [0.4, 0.5) is 13.2 Å². The molecule has 3 aromatic heterocycles. The fraction of sp³-hybridized carbons (Fsp3) is 0.478. The average molecular weight is 416 g/mol. The highest BCUT2D eigenvalue weighted by molar-refractivity contribution is 5.84. The lowest BCUT2D eigenvalue weighted by molar-refractivity contribution is -0.141. The number of aromatic nitrogens is 3. The van der Waals surface area contributed by atoms with Crippen LogP contribution in [0.1, 0.15) is 54.4 Å². The second-order valence-corrected chi connectivity index (χ2v) is 8.14. The first-order valence-electron chi connectivity index (χ1n) is 10.2. The summed E-state index contributed by atoms with van der Waals surface area (Å²) in [7, 11) is 0. The van der Waals surface area contributed by atoms with E-state index in [-0.39, 0.29) is 7.43 Å². The summed E-state index contributed by atoms with van der Waals surface area (Å²) in [6, 6.07) is 5.30. The van der Waals surface area contributed by atoms with Gasteiger partial charge in [0.15, 0.2) is 0 Å². The van der Waals surface area contributed by atoms with Gasteiger partial charge in [-0.1, -0.05) is 13.5 Å². The number of alkyl halides is 3. The largest absolute Gasteiger partial charge is 0.433 e. The van der Waals surface area contributed by atoms with Crippen molar-refractivity contribution in [3.8, 4) is 0 Å². The highest BCUT2D eigenvalue weighted by Crippen LogP contribution is 2.42. The molecular weight excluding hydrogens is 389 g/mol. The van der Waals surface area contributed by atoms with E-state index in [4.69, 9.17) is 4.98 Å². The van der Waals surface area contributed by atoms with Crippen LogP contribution >= 0.6 is 0 Å². The van der Waals surface area contributed by atoms with Crippen molar-refractivity contribution in [1.29, 1.82) is 0 Å². The number of nitrogens with zero attached hydrogens (tertiary/aromatic N) is 4. The highest BCUT2D eigenvalue weighted by Gasteiger charge is 2.35. The zero-order valence-corrected chi connectivity index (χ0v) is 16.3. The molecule has 7 heteroatoms. The van der Waals surface area contributed by atoms with E-state index in [1.165, 1.54) is 41.7 Å². The monoisotopic (exact) mass is 416 g/mol. The minimum Gasteiger partial charge on any atom is -0.329 e. The third-order valence-corrected chi connectivity index (χ3v) is 6.26. The molecule has 2 aliphatic heterocycles. The second-order valence-electron chi connectivity index (χ2n) is 8.14. The van der Waals surface area contributed by atoms with Crippen molar-refractivity contribution < 1.29 is 13.2 Å². The van der Waals surface area contributed by atoms with E-state index in [0.29, 0.717) is 19.0 Å². The Labute approximate surface area is 174 Å². The molecular formula is C23H27F3N4. The normalized spacial score (nSPS) is 18.9. The van der Waals surface area contributed by atoms with Gasteiger partial charge in [-0.3, -0.25) is 9.88 Å². The molecule has 0 aliphatic carbocycles. The summed E-state index contributed by atoms with van der Waals surface area (Å²) in [5.41, 5.74) is 4.88. The van der Waals surface area contributed by atoms with Crippen molar-refractivity contribution in [1.82, 2.24) is 19.4 Å². The summed E-state index contributed by atoms with van der Waals surface area (Å²) in [6.45, 7) is 4.99. The maximum atomic E-state index is 12.8. The maximum absolute atomic E-state index is 12.8. The van der Waals surface area contributed by atoms with Crippen molar-refractivity contribution in [2.24, 2.45) is 0 Å². The van der Waals surface area contributed by atoms with E-state index >= 15 is 0 Å². The van der Waals surface area contributed by atoms with Crippen LogP contribution < -0.4 is 0 Å². The molecule has 160 valence electrons. The van der Waals surface area contributed by atoms with Crippen LogP contribution in [-0.2, 0) is 25.6 Å². The average Bonchev–Trinajstić information content (AvgIpc) is 3.28. The van der Waals surface area contributed by atoms with Crippen LogP contribution in [0, 0.1) is 6.92 Å². The summed E-state index contributed by atoms with van der Waals surface area (Å²) in [4.78, 5) is 10.9. The van der Waals surface area contributed by atoms with Gasteiger partial charge in [0, 0.05) is 49.0 Å². The van der Waals surface area contributed by atoms with E-state index in [1.54, 1.807) is 0 Å². The molecule has 2 aliphatic rings. The summed E-state index contributed by atoms with van der Waals surface area (Å²) in [5, 5.41) is 1.24. The minimum atomic E-state index is -4.40. The molecule has 0 saturated carbocycles. The molecule has 1 atom stereocenters. The molecule has 0 amide bonds.